The molecule has 2 aromatic carbocycles. The molecule has 0 saturated carbocycles. The molecule has 0 spiro atoms. The fourth-order valence-electron chi connectivity index (χ4n) is 2.32. The Morgan fingerprint density at radius 2 is 1.78 bits per heavy atom. The number of aromatic nitrogens is 2. The molecule has 0 bridgehead atoms. The van der Waals surface area contributed by atoms with Crippen LogP contribution in [0.25, 0.3) is 0 Å². The van der Waals surface area contributed by atoms with E-state index in [1.807, 2.05) is 0 Å². The summed E-state index contributed by atoms with van der Waals surface area (Å²) in [4.78, 5) is 24.7. The molecule has 3 N–H and O–H groups in total. The SMILES string of the molecule is COc1cccc(C(=O)Nc2c[nH]nc2C(=O)Nc2ccc(F)cc2)c1F. The normalized spacial score (nSPS) is 10.3. The number of hydrogen-bond acceptors (Lipinski definition) is 4. The van der Waals surface area contributed by atoms with Crippen LogP contribution in [0.3, 0.4) is 0 Å². The minimum atomic E-state index is -0.821. The molecule has 0 aliphatic heterocycles. The van der Waals surface area contributed by atoms with E-state index in [1.165, 1.54) is 55.8 Å². The summed E-state index contributed by atoms with van der Waals surface area (Å²) in [5, 5.41) is 11.2. The van der Waals surface area contributed by atoms with Gasteiger partial charge in [0.15, 0.2) is 17.3 Å². The monoisotopic (exact) mass is 372 g/mol. The van der Waals surface area contributed by atoms with E-state index < -0.39 is 23.4 Å². The summed E-state index contributed by atoms with van der Waals surface area (Å²) in [6.45, 7) is 0. The van der Waals surface area contributed by atoms with Gasteiger partial charge >= 0.3 is 0 Å². The second-order valence-electron chi connectivity index (χ2n) is 5.38. The second kappa shape index (κ2) is 7.65. The van der Waals surface area contributed by atoms with Crippen LogP contribution in [0, 0.1) is 11.6 Å². The maximum Gasteiger partial charge on any atom is 0.278 e. The summed E-state index contributed by atoms with van der Waals surface area (Å²) in [6.07, 6.45) is 1.29. The van der Waals surface area contributed by atoms with Gasteiger partial charge in [0.25, 0.3) is 11.8 Å². The molecule has 1 heterocycles. The minimum absolute atomic E-state index is 0.0573. The van der Waals surface area contributed by atoms with Crippen LogP contribution in [0.15, 0.2) is 48.7 Å². The molecule has 27 heavy (non-hydrogen) atoms. The van der Waals surface area contributed by atoms with Crippen LogP contribution < -0.4 is 15.4 Å². The van der Waals surface area contributed by atoms with Gasteiger partial charge in [0.1, 0.15) is 5.82 Å². The van der Waals surface area contributed by atoms with Crippen LogP contribution >= 0.6 is 0 Å². The topological polar surface area (TPSA) is 96.1 Å². The summed E-state index contributed by atoms with van der Waals surface area (Å²) in [5.41, 5.74) is 0.0405. The smallest absolute Gasteiger partial charge is 0.278 e. The van der Waals surface area contributed by atoms with E-state index in [9.17, 15) is 18.4 Å². The molecule has 3 aromatic rings. The number of aromatic amines is 1. The molecular formula is C18H14F2N4O3. The van der Waals surface area contributed by atoms with Gasteiger partial charge in [-0.1, -0.05) is 6.07 Å². The lowest BCUT2D eigenvalue weighted by Crippen LogP contribution is -2.18. The number of nitrogens with zero attached hydrogens (tertiary/aromatic N) is 1. The molecule has 2 amide bonds. The van der Waals surface area contributed by atoms with Crippen LogP contribution in [0.4, 0.5) is 20.2 Å². The number of nitrogens with one attached hydrogen (secondary N) is 3. The van der Waals surface area contributed by atoms with Crippen LogP contribution in [0.5, 0.6) is 5.75 Å². The summed E-state index contributed by atoms with van der Waals surface area (Å²) in [7, 11) is 1.29. The van der Waals surface area contributed by atoms with E-state index >= 15 is 0 Å². The second-order valence-corrected chi connectivity index (χ2v) is 5.38. The predicted molar refractivity (Wildman–Crippen MR) is 93.8 cm³/mol. The fraction of sp³-hybridized carbons (Fsp3) is 0.0556. The highest BCUT2D eigenvalue weighted by Crippen LogP contribution is 2.22. The number of methoxy groups -OCH3 is 1. The molecule has 7 nitrogen and oxygen atoms in total. The van der Waals surface area contributed by atoms with Crippen LogP contribution in [0.1, 0.15) is 20.8 Å². The first-order valence-corrected chi connectivity index (χ1v) is 7.74. The Bertz CT molecular complexity index is 987. The first kappa shape index (κ1) is 18.1. The third-order valence-electron chi connectivity index (χ3n) is 3.63. The van der Waals surface area contributed by atoms with Crippen molar-refractivity contribution in [3.8, 4) is 5.75 Å². The minimum Gasteiger partial charge on any atom is -0.494 e. The lowest BCUT2D eigenvalue weighted by atomic mass is 10.1. The van der Waals surface area contributed by atoms with Gasteiger partial charge in [-0.25, -0.2) is 8.78 Å². The molecule has 3 rings (SSSR count). The number of hydrogen-bond donors (Lipinski definition) is 3. The highest BCUT2D eigenvalue weighted by molar-refractivity contribution is 6.11. The van der Waals surface area contributed by atoms with Gasteiger partial charge in [-0.05, 0) is 36.4 Å². The van der Waals surface area contributed by atoms with Gasteiger partial charge in [-0.15, -0.1) is 0 Å². The Morgan fingerprint density at radius 1 is 1.04 bits per heavy atom. The van der Waals surface area contributed by atoms with Crippen molar-refractivity contribution in [2.24, 2.45) is 0 Å². The molecule has 0 radical (unpaired) electrons. The molecule has 9 heteroatoms. The third-order valence-corrected chi connectivity index (χ3v) is 3.63. The summed E-state index contributed by atoms with van der Waals surface area (Å²) in [5.74, 6) is -2.75. The largest absolute Gasteiger partial charge is 0.494 e. The molecule has 0 unspecified atom stereocenters. The average molecular weight is 372 g/mol. The van der Waals surface area contributed by atoms with Gasteiger partial charge in [-0.2, -0.15) is 5.10 Å². The Labute approximate surface area is 152 Å². The Kier molecular flexibility index (Phi) is 5.11. The number of rotatable bonds is 5. The number of ether oxygens (including phenoxy) is 1. The summed E-state index contributed by atoms with van der Waals surface area (Å²) in [6, 6.07) is 9.27. The summed E-state index contributed by atoms with van der Waals surface area (Å²) >= 11 is 0. The van der Waals surface area contributed by atoms with E-state index in [0.717, 1.165) is 0 Å². The predicted octanol–water partition coefficient (Wildman–Crippen LogP) is 3.20. The fourth-order valence-corrected chi connectivity index (χ4v) is 2.32. The standard InChI is InChI=1S/C18H14F2N4O3/c1-27-14-4-2-3-12(15(14)20)17(25)23-13-9-21-24-16(13)18(26)22-11-7-5-10(19)6-8-11/h2-9H,1H3,(H,21,24)(H,22,26)(H,23,25). The first-order chi connectivity index (χ1) is 13.0. The van der Waals surface area contributed by atoms with Gasteiger partial charge in [-0.3, -0.25) is 14.7 Å². The maximum atomic E-state index is 14.2. The number of H-pyrrole nitrogens is 1. The number of carbonyl (C=O) groups is 2. The number of carbonyl (C=O) groups excluding carboxylic acids is 2. The zero-order chi connectivity index (χ0) is 19.4. The van der Waals surface area contributed by atoms with Gasteiger partial charge in [0.05, 0.1) is 18.4 Å². The van der Waals surface area contributed by atoms with Crippen LogP contribution in [-0.4, -0.2) is 29.1 Å². The van der Waals surface area contributed by atoms with Crippen molar-refractivity contribution in [3.63, 3.8) is 0 Å². The number of benzene rings is 2. The van der Waals surface area contributed by atoms with Gasteiger partial charge in [0.2, 0.25) is 0 Å². The van der Waals surface area contributed by atoms with Crippen LogP contribution in [-0.2, 0) is 0 Å². The molecule has 138 valence electrons. The highest BCUT2D eigenvalue weighted by Gasteiger charge is 2.20. The molecule has 0 saturated heterocycles. The Hall–Kier alpha value is -3.75. The Balaban J connectivity index is 1.78. The zero-order valence-corrected chi connectivity index (χ0v) is 14.0. The van der Waals surface area contributed by atoms with E-state index in [2.05, 4.69) is 20.8 Å². The van der Waals surface area contributed by atoms with E-state index in [-0.39, 0.29) is 22.7 Å². The lowest BCUT2D eigenvalue weighted by Gasteiger charge is -2.09. The van der Waals surface area contributed by atoms with Crippen molar-refractivity contribution in [1.29, 1.82) is 0 Å². The first-order valence-electron chi connectivity index (χ1n) is 7.74. The van der Waals surface area contributed by atoms with Crippen molar-refractivity contribution in [2.45, 2.75) is 0 Å². The van der Waals surface area contributed by atoms with Gasteiger partial charge in [0, 0.05) is 11.9 Å². The molecule has 0 fully saturated rings. The van der Waals surface area contributed by atoms with Crippen molar-refractivity contribution in [3.05, 3.63) is 71.6 Å². The van der Waals surface area contributed by atoms with Crippen molar-refractivity contribution >= 4 is 23.2 Å². The van der Waals surface area contributed by atoms with E-state index in [4.69, 9.17) is 4.74 Å². The number of anilines is 2. The van der Waals surface area contributed by atoms with Crippen molar-refractivity contribution < 1.29 is 23.1 Å². The molecular weight excluding hydrogens is 358 g/mol. The Morgan fingerprint density at radius 3 is 2.48 bits per heavy atom. The average Bonchev–Trinajstić information content (AvgIpc) is 3.12. The zero-order valence-electron chi connectivity index (χ0n) is 14.0. The highest BCUT2D eigenvalue weighted by atomic mass is 19.1. The van der Waals surface area contributed by atoms with Gasteiger partial charge < -0.3 is 15.4 Å². The molecule has 0 atom stereocenters. The van der Waals surface area contributed by atoms with E-state index in [1.54, 1.807) is 0 Å². The molecule has 1 aromatic heterocycles. The van der Waals surface area contributed by atoms with Crippen molar-refractivity contribution in [1.82, 2.24) is 10.2 Å². The van der Waals surface area contributed by atoms with E-state index in [0.29, 0.717) is 5.69 Å². The number of halogens is 2. The third kappa shape index (κ3) is 3.92. The quantitative estimate of drug-likeness (QED) is 0.641. The number of amides is 2. The van der Waals surface area contributed by atoms with Crippen LogP contribution in [0.2, 0.25) is 0 Å². The maximum absolute atomic E-state index is 14.2. The lowest BCUT2D eigenvalue weighted by molar-refractivity contribution is 0.102. The van der Waals surface area contributed by atoms with Crippen molar-refractivity contribution in [2.75, 3.05) is 17.7 Å². The molecule has 0 aliphatic rings. The molecule has 0 aliphatic carbocycles. The summed E-state index contributed by atoms with van der Waals surface area (Å²) < 4.78 is 32.0.